The monoisotopic (exact) mass is 218 g/mol. The lowest BCUT2D eigenvalue weighted by Crippen LogP contribution is -2.50. The minimum absolute atomic E-state index is 0.215. The molecule has 1 aliphatic rings. The number of fused-ring (bicyclic) bond motifs is 1. The molecule has 0 spiro atoms. The number of benzene rings is 1. The van der Waals surface area contributed by atoms with Crippen LogP contribution < -0.4 is 10.2 Å². The fourth-order valence-corrected chi connectivity index (χ4v) is 2.13. The van der Waals surface area contributed by atoms with Gasteiger partial charge in [-0.25, -0.2) is 0 Å². The summed E-state index contributed by atoms with van der Waals surface area (Å²) in [6, 6.07) is 5.92. The van der Waals surface area contributed by atoms with E-state index in [9.17, 15) is 9.59 Å². The summed E-state index contributed by atoms with van der Waals surface area (Å²) in [5.41, 5.74) is 2.88. The van der Waals surface area contributed by atoms with Crippen molar-refractivity contribution >= 4 is 18.5 Å². The van der Waals surface area contributed by atoms with E-state index in [-0.39, 0.29) is 5.54 Å². The quantitative estimate of drug-likeness (QED) is 0.770. The zero-order valence-corrected chi connectivity index (χ0v) is 9.36. The highest BCUT2D eigenvalue weighted by Gasteiger charge is 2.41. The maximum absolute atomic E-state index is 10.9. The minimum atomic E-state index is -0.215. The van der Waals surface area contributed by atoms with Crippen molar-refractivity contribution in [2.24, 2.45) is 0 Å². The van der Waals surface area contributed by atoms with Crippen LogP contribution in [0.4, 0.5) is 5.69 Å². The molecule has 16 heavy (non-hydrogen) atoms. The molecule has 0 fully saturated rings. The van der Waals surface area contributed by atoms with E-state index >= 15 is 0 Å². The first-order valence-electron chi connectivity index (χ1n) is 5.16. The van der Waals surface area contributed by atoms with Gasteiger partial charge in [0.2, 0.25) is 12.8 Å². The Hall–Kier alpha value is -1.84. The fourth-order valence-electron chi connectivity index (χ4n) is 2.13. The highest BCUT2D eigenvalue weighted by molar-refractivity contribution is 5.87. The fraction of sp³-hybridized carbons (Fsp3) is 0.333. The van der Waals surface area contributed by atoms with Gasteiger partial charge in [0.25, 0.3) is 0 Å². The number of carbonyl (C=O) groups excluding carboxylic acids is 2. The Morgan fingerprint density at radius 2 is 2.12 bits per heavy atom. The molecule has 84 valence electrons. The molecule has 0 aliphatic carbocycles. The van der Waals surface area contributed by atoms with Crippen LogP contribution >= 0.6 is 0 Å². The molecular formula is C12H14N2O2. The van der Waals surface area contributed by atoms with E-state index < -0.39 is 0 Å². The molecule has 2 amide bonds. The lowest BCUT2D eigenvalue weighted by atomic mass is 9.81. The maximum Gasteiger partial charge on any atom is 0.214 e. The van der Waals surface area contributed by atoms with Crippen molar-refractivity contribution in [1.82, 2.24) is 5.32 Å². The topological polar surface area (TPSA) is 49.4 Å². The zero-order valence-electron chi connectivity index (χ0n) is 9.36. The maximum atomic E-state index is 10.9. The number of hydrogen-bond acceptors (Lipinski definition) is 2. The van der Waals surface area contributed by atoms with Gasteiger partial charge in [-0.1, -0.05) is 12.1 Å². The number of nitrogens with one attached hydrogen (secondary N) is 1. The van der Waals surface area contributed by atoms with Crippen LogP contribution in [0.1, 0.15) is 25.0 Å². The van der Waals surface area contributed by atoms with Gasteiger partial charge in [0.1, 0.15) is 0 Å². The van der Waals surface area contributed by atoms with Crippen LogP contribution in [-0.2, 0) is 21.7 Å². The molecule has 4 nitrogen and oxygen atoms in total. The first-order valence-corrected chi connectivity index (χ1v) is 5.16. The molecule has 0 atom stereocenters. The van der Waals surface area contributed by atoms with Crippen molar-refractivity contribution in [1.29, 1.82) is 0 Å². The molecule has 1 heterocycles. The van der Waals surface area contributed by atoms with Crippen LogP contribution in [0, 0.1) is 0 Å². The van der Waals surface area contributed by atoms with Crippen molar-refractivity contribution in [3.63, 3.8) is 0 Å². The Labute approximate surface area is 94.2 Å². The Morgan fingerprint density at radius 3 is 2.75 bits per heavy atom. The molecule has 1 aromatic rings. The van der Waals surface area contributed by atoms with Gasteiger partial charge in [-0.05, 0) is 25.5 Å². The normalized spacial score (nSPS) is 16.0. The second-order valence-corrected chi connectivity index (χ2v) is 4.38. The molecule has 1 N–H and O–H groups in total. The Kier molecular flexibility index (Phi) is 2.42. The van der Waals surface area contributed by atoms with Gasteiger partial charge in [-0.2, -0.15) is 0 Å². The smallest absolute Gasteiger partial charge is 0.214 e. The van der Waals surface area contributed by atoms with Gasteiger partial charge in [0.15, 0.2) is 0 Å². The molecule has 1 aromatic carbocycles. The van der Waals surface area contributed by atoms with E-state index in [1.54, 1.807) is 4.90 Å². The first-order chi connectivity index (χ1) is 7.61. The first kappa shape index (κ1) is 10.7. The number of anilines is 1. The molecule has 0 saturated carbocycles. The number of amides is 2. The molecule has 0 bridgehead atoms. The summed E-state index contributed by atoms with van der Waals surface area (Å²) in [5, 5.41) is 2.60. The van der Waals surface area contributed by atoms with E-state index in [0.29, 0.717) is 13.0 Å². The second kappa shape index (κ2) is 3.63. The van der Waals surface area contributed by atoms with Crippen LogP contribution in [0.15, 0.2) is 18.2 Å². The van der Waals surface area contributed by atoms with E-state index in [2.05, 4.69) is 5.32 Å². The summed E-state index contributed by atoms with van der Waals surface area (Å²) in [6.45, 7) is 4.50. The molecule has 0 saturated heterocycles. The van der Waals surface area contributed by atoms with E-state index in [1.165, 1.54) is 0 Å². The Balaban J connectivity index is 2.30. The summed E-state index contributed by atoms with van der Waals surface area (Å²) >= 11 is 0. The Bertz CT molecular complexity index is 441. The number of nitrogens with zero attached hydrogens (tertiary/aromatic N) is 1. The average molecular weight is 218 g/mol. The summed E-state index contributed by atoms with van der Waals surface area (Å²) < 4.78 is 0. The van der Waals surface area contributed by atoms with E-state index in [1.807, 2.05) is 32.0 Å². The average Bonchev–Trinajstić information content (AvgIpc) is 2.26. The Morgan fingerprint density at radius 1 is 1.38 bits per heavy atom. The third-order valence-electron chi connectivity index (χ3n) is 3.08. The molecular weight excluding hydrogens is 204 g/mol. The lowest BCUT2D eigenvalue weighted by Gasteiger charge is -2.47. The summed E-state index contributed by atoms with van der Waals surface area (Å²) in [6.07, 6.45) is 1.51. The van der Waals surface area contributed by atoms with Crippen molar-refractivity contribution < 1.29 is 9.59 Å². The third-order valence-corrected chi connectivity index (χ3v) is 3.08. The molecule has 0 unspecified atom stereocenters. The largest absolute Gasteiger partial charge is 0.355 e. The number of carbonyl (C=O) groups is 2. The van der Waals surface area contributed by atoms with Crippen LogP contribution in [0.2, 0.25) is 0 Å². The molecule has 2 rings (SSSR count). The zero-order chi connectivity index (χ0) is 11.8. The van der Waals surface area contributed by atoms with Gasteiger partial charge in [-0.3, -0.25) is 9.59 Å². The van der Waals surface area contributed by atoms with Crippen LogP contribution in [0.25, 0.3) is 0 Å². The summed E-state index contributed by atoms with van der Waals surface area (Å²) in [5.74, 6) is 0. The predicted molar refractivity (Wildman–Crippen MR) is 60.9 cm³/mol. The van der Waals surface area contributed by atoms with Gasteiger partial charge in [0.05, 0.1) is 11.2 Å². The van der Waals surface area contributed by atoms with Crippen molar-refractivity contribution in [2.45, 2.75) is 25.9 Å². The van der Waals surface area contributed by atoms with Crippen molar-refractivity contribution in [2.75, 3.05) is 4.90 Å². The molecule has 0 aromatic heterocycles. The molecule has 0 radical (unpaired) electrons. The summed E-state index contributed by atoms with van der Waals surface area (Å²) in [4.78, 5) is 22.8. The number of hydrogen-bond donors (Lipinski definition) is 1. The van der Waals surface area contributed by atoms with Gasteiger partial charge in [-0.15, -0.1) is 0 Å². The van der Waals surface area contributed by atoms with E-state index in [0.717, 1.165) is 23.2 Å². The van der Waals surface area contributed by atoms with Gasteiger partial charge < -0.3 is 10.2 Å². The van der Waals surface area contributed by atoms with Gasteiger partial charge >= 0.3 is 0 Å². The highest BCUT2D eigenvalue weighted by atomic mass is 16.1. The predicted octanol–water partition coefficient (Wildman–Crippen LogP) is 1.14. The second-order valence-electron chi connectivity index (χ2n) is 4.38. The summed E-state index contributed by atoms with van der Waals surface area (Å²) in [7, 11) is 0. The van der Waals surface area contributed by atoms with Crippen molar-refractivity contribution in [3.05, 3.63) is 29.3 Å². The SMILES string of the molecule is CC1(C)c2ccc(CNC=O)cc2N1C=O. The van der Waals surface area contributed by atoms with Crippen LogP contribution in [0.5, 0.6) is 0 Å². The minimum Gasteiger partial charge on any atom is -0.355 e. The van der Waals surface area contributed by atoms with Crippen LogP contribution in [0.3, 0.4) is 0 Å². The highest BCUT2D eigenvalue weighted by Crippen LogP contribution is 2.46. The van der Waals surface area contributed by atoms with Crippen molar-refractivity contribution in [3.8, 4) is 0 Å². The molecule has 4 heteroatoms. The van der Waals surface area contributed by atoms with Crippen LogP contribution in [-0.4, -0.2) is 12.8 Å². The third kappa shape index (κ3) is 1.38. The number of rotatable bonds is 4. The van der Waals surface area contributed by atoms with E-state index in [4.69, 9.17) is 0 Å². The molecule has 1 aliphatic heterocycles. The standard InChI is InChI=1S/C12H14N2O2/c1-12(2)10-4-3-9(6-13-7-15)5-11(10)14(12)8-16/h3-5,7-8H,6H2,1-2H3,(H,13,15). The lowest BCUT2D eigenvalue weighted by molar-refractivity contribution is -0.110. The van der Waals surface area contributed by atoms with Gasteiger partial charge in [0, 0.05) is 12.1 Å².